The summed E-state index contributed by atoms with van der Waals surface area (Å²) in [5.74, 6) is 0.354. The molecule has 0 rings (SSSR count). The van der Waals surface area contributed by atoms with Crippen LogP contribution in [0.1, 0.15) is 67.2 Å². The molecule has 0 radical (unpaired) electrons. The molecule has 0 aliphatic rings. The Labute approximate surface area is 119 Å². The highest BCUT2D eigenvalue weighted by Gasteiger charge is 2.19. The van der Waals surface area contributed by atoms with E-state index in [1.165, 1.54) is 0 Å². The lowest BCUT2D eigenvalue weighted by Gasteiger charge is -2.19. The largest absolute Gasteiger partial charge is 0.379 e. The van der Waals surface area contributed by atoms with Gasteiger partial charge in [0.25, 0.3) is 0 Å². The van der Waals surface area contributed by atoms with Gasteiger partial charge in [0.05, 0.1) is 18.8 Å². The molecule has 0 bridgehead atoms. The Hall–Kier alpha value is -0.410. The first-order valence-corrected chi connectivity index (χ1v) is 7.38. The van der Waals surface area contributed by atoms with Gasteiger partial charge in [0, 0.05) is 18.4 Å². The molecule has 0 aromatic carbocycles. The third kappa shape index (κ3) is 12.4. The molecule has 3 nitrogen and oxygen atoms in total. The number of hydrogen-bond acceptors (Lipinski definition) is 3. The zero-order valence-electron chi connectivity index (χ0n) is 13.7. The standard InChI is InChI=1S/C16H32O3/c1-15(2,3)14(17)10-8-7-9-11-18-12-13-19-16(4,5)6/h7-13H2,1-6H3. The van der Waals surface area contributed by atoms with Crippen LogP contribution >= 0.6 is 0 Å². The molecular weight excluding hydrogens is 240 g/mol. The Balaban J connectivity index is 3.31. The third-order valence-electron chi connectivity index (χ3n) is 2.79. The van der Waals surface area contributed by atoms with Gasteiger partial charge in [-0.3, -0.25) is 4.79 Å². The number of carbonyl (C=O) groups excluding carboxylic acids is 1. The summed E-state index contributed by atoms with van der Waals surface area (Å²) in [5.41, 5.74) is -0.280. The van der Waals surface area contributed by atoms with E-state index in [9.17, 15) is 4.79 Å². The van der Waals surface area contributed by atoms with Gasteiger partial charge in [-0.2, -0.15) is 0 Å². The second-order valence-electron chi connectivity index (χ2n) is 7.06. The fraction of sp³-hybridized carbons (Fsp3) is 0.938. The minimum Gasteiger partial charge on any atom is -0.379 e. The van der Waals surface area contributed by atoms with Crippen molar-refractivity contribution in [3.8, 4) is 0 Å². The normalized spacial score (nSPS) is 12.7. The van der Waals surface area contributed by atoms with Gasteiger partial charge in [0.2, 0.25) is 0 Å². The van der Waals surface area contributed by atoms with E-state index in [4.69, 9.17) is 9.47 Å². The van der Waals surface area contributed by atoms with Gasteiger partial charge in [-0.25, -0.2) is 0 Å². The smallest absolute Gasteiger partial charge is 0.138 e. The molecule has 3 heteroatoms. The molecule has 0 spiro atoms. The molecule has 0 aromatic rings. The van der Waals surface area contributed by atoms with Crippen LogP contribution in [0.5, 0.6) is 0 Å². The van der Waals surface area contributed by atoms with Crippen LogP contribution in [0.2, 0.25) is 0 Å². The summed E-state index contributed by atoms with van der Waals surface area (Å²) in [7, 11) is 0. The van der Waals surface area contributed by atoms with Gasteiger partial charge in [-0.15, -0.1) is 0 Å². The number of Topliss-reactive ketones (excluding diaryl/α,β-unsaturated/α-hetero) is 1. The molecular formula is C16H32O3. The molecule has 0 aliphatic carbocycles. The SMILES string of the molecule is CC(C)(C)OCCOCCCCCC(=O)C(C)(C)C. The molecule has 0 aromatic heterocycles. The second-order valence-corrected chi connectivity index (χ2v) is 7.06. The van der Waals surface area contributed by atoms with Gasteiger partial charge in [0.1, 0.15) is 5.78 Å². The van der Waals surface area contributed by atoms with E-state index in [-0.39, 0.29) is 11.0 Å². The van der Waals surface area contributed by atoms with Crippen molar-refractivity contribution in [1.29, 1.82) is 0 Å². The van der Waals surface area contributed by atoms with Crippen LogP contribution in [0, 0.1) is 5.41 Å². The van der Waals surface area contributed by atoms with Crippen molar-refractivity contribution >= 4 is 5.78 Å². The lowest BCUT2D eigenvalue weighted by atomic mass is 9.88. The topological polar surface area (TPSA) is 35.5 Å². The molecule has 114 valence electrons. The average Bonchev–Trinajstić information content (AvgIpc) is 2.23. The fourth-order valence-corrected chi connectivity index (χ4v) is 1.55. The Morgan fingerprint density at radius 3 is 2.00 bits per heavy atom. The number of unbranched alkanes of at least 4 members (excludes halogenated alkanes) is 2. The van der Waals surface area contributed by atoms with Crippen molar-refractivity contribution in [2.24, 2.45) is 5.41 Å². The molecule has 0 unspecified atom stereocenters. The van der Waals surface area contributed by atoms with Crippen LogP contribution in [0.25, 0.3) is 0 Å². The quantitative estimate of drug-likeness (QED) is 0.595. The predicted molar refractivity (Wildman–Crippen MR) is 79.5 cm³/mol. The van der Waals surface area contributed by atoms with Crippen LogP contribution in [0.4, 0.5) is 0 Å². The number of hydrogen-bond donors (Lipinski definition) is 0. The van der Waals surface area contributed by atoms with Crippen LogP contribution in [0.3, 0.4) is 0 Å². The fourth-order valence-electron chi connectivity index (χ4n) is 1.55. The molecule has 0 aliphatic heterocycles. The first-order chi connectivity index (χ1) is 8.63. The molecule has 19 heavy (non-hydrogen) atoms. The van der Waals surface area contributed by atoms with Crippen molar-refractivity contribution in [2.45, 2.75) is 72.8 Å². The van der Waals surface area contributed by atoms with Gasteiger partial charge < -0.3 is 9.47 Å². The highest BCUT2D eigenvalue weighted by atomic mass is 16.5. The zero-order chi connectivity index (χ0) is 14.9. The summed E-state index contributed by atoms with van der Waals surface area (Å²) < 4.78 is 11.0. The zero-order valence-corrected chi connectivity index (χ0v) is 13.7. The Morgan fingerprint density at radius 1 is 0.842 bits per heavy atom. The number of ketones is 1. The second kappa shape index (κ2) is 8.70. The van der Waals surface area contributed by atoms with E-state index in [2.05, 4.69) is 0 Å². The van der Waals surface area contributed by atoms with Crippen LogP contribution < -0.4 is 0 Å². The van der Waals surface area contributed by atoms with Crippen molar-refractivity contribution in [2.75, 3.05) is 19.8 Å². The van der Waals surface area contributed by atoms with Crippen LogP contribution in [-0.2, 0) is 14.3 Å². The Bertz CT molecular complexity index is 246. The number of ether oxygens (including phenoxy) is 2. The summed E-state index contributed by atoms with van der Waals surface area (Å²) in [6.07, 6.45) is 3.74. The maximum Gasteiger partial charge on any atom is 0.138 e. The highest BCUT2D eigenvalue weighted by molar-refractivity contribution is 5.83. The molecule has 0 saturated carbocycles. The van der Waals surface area contributed by atoms with Gasteiger partial charge in [0.15, 0.2) is 0 Å². The average molecular weight is 272 g/mol. The van der Waals surface area contributed by atoms with E-state index in [1.54, 1.807) is 0 Å². The van der Waals surface area contributed by atoms with E-state index < -0.39 is 0 Å². The van der Waals surface area contributed by atoms with Gasteiger partial charge >= 0.3 is 0 Å². The van der Waals surface area contributed by atoms with E-state index >= 15 is 0 Å². The molecule has 0 heterocycles. The summed E-state index contributed by atoms with van der Waals surface area (Å²) in [6.45, 7) is 14.1. The maximum absolute atomic E-state index is 11.7. The minimum atomic E-state index is -0.194. The van der Waals surface area contributed by atoms with Crippen molar-refractivity contribution in [3.63, 3.8) is 0 Å². The monoisotopic (exact) mass is 272 g/mol. The summed E-state index contributed by atoms with van der Waals surface area (Å²) in [4.78, 5) is 11.7. The minimum absolute atomic E-state index is 0.0866. The molecule has 0 fully saturated rings. The Morgan fingerprint density at radius 2 is 1.47 bits per heavy atom. The first kappa shape index (κ1) is 18.6. The van der Waals surface area contributed by atoms with E-state index in [0.29, 0.717) is 25.4 Å². The van der Waals surface area contributed by atoms with Crippen molar-refractivity contribution < 1.29 is 14.3 Å². The summed E-state index contributed by atoms with van der Waals surface area (Å²) >= 11 is 0. The highest BCUT2D eigenvalue weighted by Crippen LogP contribution is 2.18. The van der Waals surface area contributed by atoms with E-state index in [1.807, 2.05) is 41.5 Å². The van der Waals surface area contributed by atoms with Crippen molar-refractivity contribution in [1.82, 2.24) is 0 Å². The molecule has 0 saturated heterocycles. The maximum atomic E-state index is 11.7. The van der Waals surface area contributed by atoms with Crippen molar-refractivity contribution in [3.05, 3.63) is 0 Å². The van der Waals surface area contributed by atoms with Gasteiger partial charge in [-0.05, 0) is 33.6 Å². The Kier molecular flexibility index (Phi) is 8.51. The molecule has 0 atom stereocenters. The summed E-state index contributed by atoms with van der Waals surface area (Å²) in [5, 5.41) is 0. The lowest BCUT2D eigenvalue weighted by Crippen LogP contribution is -2.22. The van der Waals surface area contributed by atoms with Gasteiger partial charge in [-0.1, -0.05) is 27.2 Å². The predicted octanol–water partition coefficient (Wildman–Crippen LogP) is 3.99. The third-order valence-corrected chi connectivity index (χ3v) is 2.79. The molecule has 0 N–H and O–H groups in total. The molecule has 0 amide bonds. The number of rotatable bonds is 9. The number of carbonyl (C=O) groups is 1. The first-order valence-electron chi connectivity index (χ1n) is 7.38. The lowest BCUT2D eigenvalue weighted by molar-refractivity contribution is -0.126. The van der Waals surface area contributed by atoms with Crippen LogP contribution in [0.15, 0.2) is 0 Å². The summed E-state index contributed by atoms with van der Waals surface area (Å²) in [6, 6.07) is 0. The van der Waals surface area contributed by atoms with Crippen LogP contribution in [-0.4, -0.2) is 31.2 Å². The van der Waals surface area contributed by atoms with E-state index in [0.717, 1.165) is 25.9 Å².